The van der Waals surface area contributed by atoms with Crippen LogP contribution in [0.3, 0.4) is 0 Å². The summed E-state index contributed by atoms with van der Waals surface area (Å²) >= 11 is 0. The van der Waals surface area contributed by atoms with Gasteiger partial charge in [-0.2, -0.15) is 0 Å². The lowest BCUT2D eigenvalue weighted by molar-refractivity contribution is -0.129. The summed E-state index contributed by atoms with van der Waals surface area (Å²) in [4.78, 5) is 16.2. The molecule has 24 heavy (non-hydrogen) atoms. The SMILES string of the molecule is CCOc1ccc(C2=N/C(=C/c3ccco3)C(=O)O2)cc1OCC. The van der Waals surface area contributed by atoms with Crippen LogP contribution in [0.25, 0.3) is 6.08 Å². The molecular weight excluding hydrogens is 310 g/mol. The molecule has 0 unspecified atom stereocenters. The molecule has 6 nitrogen and oxygen atoms in total. The van der Waals surface area contributed by atoms with E-state index in [9.17, 15) is 4.79 Å². The van der Waals surface area contributed by atoms with Gasteiger partial charge in [0, 0.05) is 11.6 Å². The van der Waals surface area contributed by atoms with E-state index in [2.05, 4.69) is 4.99 Å². The van der Waals surface area contributed by atoms with Crippen molar-refractivity contribution in [3.05, 3.63) is 53.6 Å². The fourth-order valence-electron chi connectivity index (χ4n) is 2.22. The maximum atomic E-state index is 12.0. The van der Waals surface area contributed by atoms with Gasteiger partial charge in [-0.05, 0) is 44.2 Å². The third-order valence-electron chi connectivity index (χ3n) is 3.23. The first-order valence-electron chi connectivity index (χ1n) is 7.67. The first-order valence-corrected chi connectivity index (χ1v) is 7.67. The predicted octanol–water partition coefficient (Wildman–Crippen LogP) is 3.42. The van der Waals surface area contributed by atoms with Crippen molar-refractivity contribution < 1.29 is 23.4 Å². The topological polar surface area (TPSA) is 70.3 Å². The van der Waals surface area contributed by atoms with Crippen LogP contribution in [0.5, 0.6) is 11.5 Å². The Morgan fingerprint density at radius 3 is 2.62 bits per heavy atom. The molecule has 0 radical (unpaired) electrons. The Labute approximate surface area is 139 Å². The van der Waals surface area contributed by atoms with Gasteiger partial charge in [0.1, 0.15) is 5.76 Å². The molecule has 3 rings (SSSR count). The van der Waals surface area contributed by atoms with Crippen molar-refractivity contribution in [3.63, 3.8) is 0 Å². The van der Waals surface area contributed by atoms with Gasteiger partial charge < -0.3 is 18.6 Å². The average Bonchev–Trinajstić information content (AvgIpc) is 3.20. The molecule has 0 saturated heterocycles. The molecule has 2 aromatic rings. The number of carbonyl (C=O) groups excluding carboxylic acids is 1. The fraction of sp³-hybridized carbons (Fsp3) is 0.222. The largest absolute Gasteiger partial charge is 0.490 e. The minimum Gasteiger partial charge on any atom is -0.490 e. The van der Waals surface area contributed by atoms with E-state index in [0.717, 1.165) is 0 Å². The normalized spacial score (nSPS) is 15.3. The van der Waals surface area contributed by atoms with Gasteiger partial charge in [0.2, 0.25) is 5.90 Å². The Balaban J connectivity index is 1.91. The number of aliphatic imine (C=N–C) groups is 1. The summed E-state index contributed by atoms with van der Waals surface area (Å²) in [5.41, 5.74) is 0.824. The second kappa shape index (κ2) is 7.04. The quantitative estimate of drug-likeness (QED) is 0.600. The second-order valence-electron chi connectivity index (χ2n) is 4.88. The average molecular weight is 327 g/mol. The molecule has 0 saturated carbocycles. The van der Waals surface area contributed by atoms with Gasteiger partial charge in [-0.1, -0.05) is 0 Å². The van der Waals surface area contributed by atoms with Crippen LogP contribution in [0.15, 0.2) is 51.7 Å². The summed E-state index contributed by atoms with van der Waals surface area (Å²) in [5.74, 6) is 1.46. The molecule has 6 heteroatoms. The molecule has 0 amide bonds. The van der Waals surface area contributed by atoms with E-state index in [0.29, 0.717) is 36.0 Å². The highest BCUT2D eigenvalue weighted by Gasteiger charge is 2.25. The highest BCUT2D eigenvalue weighted by molar-refractivity contribution is 6.12. The van der Waals surface area contributed by atoms with Crippen molar-refractivity contribution in [1.29, 1.82) is 0 Å². The Hall–Kier alpha value is -3.02. The minimum absolute atomic E-state index is 0.187. The number of esters is 1. The van der Waals surface area contributed by atoms with Crippen molar-refractivity contribution in [2.45, 2.75) is 13.8 Å². The first kappa shape index (κ1) is 15.9. The molecule has 0 atom stereocenters. The van der Waals surface area contributed by atoms with Gasteiger partial charge in [-0.3, -0.25) is 0 Å². The van der Waals surface area contributed by atoms with Crippen LogP contribution in [0, 0.1) is 0 Å². The van der Waals surface area contributed by atoms with Crippen LogP contribution in [-0.2, 0) is 9.53 Å². The maximum absolute atomic E-state index is 12.0. The monoisotopic (exact) mass is 327 g/mol. The minimum atomic E-state index is -0.520. The molecule has 1 aromatic heterocycles. The Morgan fingerprint density at radius 2 is 1.92 bits per heavy atom. The lowest BCUT2D eigenvalue weighted by atomic mass is 10.2. The van der Waals surface area contributed by atoms with E-state index >= 15 is 0 Å². The van der Waals surface area contributed by atoms with E-state index in [1.54, 1.807) is 30.3 Å². The van der Waals surface area contributed by atoms with Gasteiger partial charge >= 0.3 is 5.97 Å². The van der Waals surface area contributed by atoms with Crippen molar-refractivity contribution >= 4 is 17.9 Å². The second-order valence-corrected chi connectivity index (χ2v) is 4.88. The number of carbonyl (C=O) groups is 1. The summed E-state index contributed by atoms with van der Waals surface area (Å²) < 4.78 is 21.5. The number of furan rings is 1. The smallest absolute Gasteiger partial charge is 0.363 e. The van der Waals surface area contributed by atoms with Crippen LogP contribution in [-0.4, -0.2) is 25.1 Å². The Kier molecular flexibility index (Phi) is 4.65. The maximum Gasteiger partial charge on any atom is 0.363 e. The zero-order valence-electron chi connectivity index (χ0n) is 13.4. The van der Waals surface area contributed by atoms with E-state index < -0.39 is 5.97 Å². The Bertz CT molecular complexity index is 790. The molecular formula is C18H17NO5. The van der Waals surface area contributed by atoms with Crippen molar-refractivity contribution in [2.24, 2.45) is 4.99 Å². The Morgan fingerprint density at radius 1 is 1.12 bits per heavy atom. The molecule has 0 aliphatic carbocycles. The third kappa shape index (κ3) is 3.32. The number of nitrogens with zero attached hydrogens (tertiary/aromatic N) is 1. The summed E-state index contributed by atoms with van der Waals surface area (Å²) in [6, 6.07) is 8.76. The summed E-state index contributed by atoms with van der Waals surface area (Å²) in [6.07, 6.45) is 3.06. The van der Waals surface area contributed by atoms with Gasteiger partial charge in [0.15, 0.2) is 17.2 Å². The highest BCUT2D eigenvalue weighted by Crippen LogP contribution is 2.30. The van der Waals surface area contributed by atoms with Crippen LogP contribution in [0.4, 0.5) is 0 Å². The lowest BCUT2D eigenvalue weighted by Crippen LogP contribution is -2.06. The number of ether oxygens (including phenoxy) is 3. The number of hydrogen-bond donors (Lipinski definition) is 0. The van der Waals surface area contributed by atoms with Gasteiger partial charge in [-0.25, -0.2) is 9.79 Å². The molecule has 2 heterocycles. The molecule has 1 aliphatic heterocycles. The van der Waals surface area contributed by atoms with Crippen molar-refractivity contribution in [1.82, 2.24) is 0 Å². The summed E-state index contributed by atoms with van der Waals surface area (Å²) in [7, 11) is 0. The molecule has 124 valence electrons. The van der Waals surface area contributed by atoms with Gasteiger partial charge in [-0.15, -0.1) is 0 Å². The van der Waals surface area contributed by atoms with Crippen LogP contribution in [0.2, 0.25) is 0 Å². The van der Waals surface area contributed by atoms with Crippen LogP contribution in [0.1, 0.15) is 25.2 Å². The molecule has 1 aromatic carbocycles. The predicted molar refractivity (Wildman–Crippen MR) is 88.1 cm³/mol. The highest BCUT2D eigenvalue weighted by atomic mass is 16.6. The van der Waals surface area contributed by atoms with E-state index in [-0.39, 0.29) is 11.6 Å². The first-order chi connectivity index (χ1) is 11.7. The van der Waals surface area contributed by atoms with Crippen LogP contribution >= 0.6 is 0 Å². The standard InChI is InChI=1S/C18H17NO5/c1-3-21-15-8-7-12(10-16(15)22-4-2)17-19-14(18(20)24-17)11-13-6-5-9-23-13/h5-11H,3-4H2,1-2H3/b14-11+. The molecule has 1 aliphatic rings. The lowest BCUT2D eigenvalue weighted by Gasteiger charge is -2.11. The van der Waals surface area contributed by atoms with E-state index in [1.165, 1.54) is 12.3 Å². The zero-order chi connectivity index (χ0) is 16.9. The third-order valence-corrected chi connectivity index (χ3v) is 3.23. The molecule has 0 fully saturated rings. The van der Waals surface area contributed by atoms with Crippen molar-refractivity contribution in [3.8, 4) is 11.5 Å². The van der Waals surface area contributed by atoms with E-state index in [4.69, 9.17) is 18.6 Å². The molecule has 0 bridgehead atoms. The summed E-state index contributed by atoms with van der Waals surface area (Å²) in [6.45, 7) is 4.82. The zero-order valence-corrected chi connectivity index (χ0v) is 13.4. The van der Waals surface area contributed by atoms with Crippen molar-refractivity contribution in [2.75, 3.05) is 13.2 Å². The number of rotatable bonds is 6. The van der Waals surface area contributed by atoms with Gasteiger partial charge in [0.25, 0.3) is 0 Å². The molecule has 0 spiro atoms. The number of cyclic esters (lactones) is 1. The summed E-state index contributed by atoms with van der Waals surface area (Å²) in [5, 5.41) is 0. The number of benzene rings is 1. The van der Waals surface area contributed by atoms with Crippen LogP contribution < -0.4 is 9.47 Å². The number of hydrogen-bond acceptors (Lipinski definition) is 6. The molecule has 0 N–H and O–H groups in total. The van der Waals surface area contributed by atoms with E-state index in [1.807, 2.05) is 13.8 Å². The fourth-order valence-corrected chi connectivity index (χ4v) is 2.22. The van der Waals surface area contributed by atoms with Gasteiger partial charge in [0.05, 0.1) is 19.5 Å².